The van der Waals surface area contributed by atoms with Gasteiger partial charge in [-0.05, 0) is 74.0 Å². The SMILES string of the molecule is NC1=NCNc2c1c(-c1ccc(Oc3ccccc3)cc1)nn2C1CCN(CC2CCN(CC3CNC3)C2)CC1. The lowest BCUT2D eigenvalue weighted by Crippen LogP contribution is -2.48. The van der Waals surface area contributed by atoms with Crippen LogP contribution in [0.1, 0.15) is 30.9 Å². The van der Waals surface area contributed by atoms with Crippen LogP contribution in [0.2, 0.25) is 0 Å². The molecule has 0 spiro atoms. The van der Waals surface area contributed by atoms with Crippen LogP contribution in [-0.4, -0.2) is 84.4 Å². The Bertz CT molecular complexity index is 1330. The lowest BCUT2D eigenvalue weighted by atomic mass is 10.0. The van der Waals surface area contributed by atoms with Crippen molar-refractivity contribution in [1.29, 1.82) is 0 Å². The van der Waals surface area contributed by atoms with Gasteiger partial charge in [-0.25, -0.2) is 9.67 Å². The predicted molar refractivity (Wildman–Crippen MR) is 159 cm³/mol. The predicted octanol–water partition coefficient (Wildman–Crippen LogP) is 3.61. The molecule has 5 heterocycles. The number of hydrogen-bond acceptors (Lipinski definition) is 8. The Morgan fingerprint density at radius 1 is 0.850 bits per heavy atom. The number of aromatic nitrogens is 2. The number of anilines is 1. The number of benzene rings is 2. The molecule has 9 heteroatoms. The first-order valence-electron chi connectivity index (χ1n) is 14.8. The van der Waals surface area contributed by atoms with Crippen molar-refractivity contribution in [3.05, 3.63) is 60.2 Å². The standard InChI is InChI=1S/C31H40N8O/c32-30-28-29(24-6-8-27(9-7-24)40-26-4-2-1-3-5-26)36-39(31(28)35-21-34-30)25-11-14-37(15-12-25)18-22-10-13-38(19-22)20-23-16-33-17-23/h1-9,22-23,25,33,35H,10-21H2,(H2,32,34). The highest BCUT2D eigenvalue weighted by Gasteiger charge is 2.32. The van der Waals surface area contributed by atoms with Crippen molar-refractivity contribution in [2.75, 3.05) is 64.3 Å². The zero-order valence-electron chi connectivity index (χ0n) is 23.1. The van der Waals surface area contributed by atoms with E-state index >= 15 is 0 Å². The Balaban J connectivity index is 1.02. The average Bonchev–Trinajstić information content (AvgIpc) is 3.58. The van der Waals surface area contributed by atoms with Crippen LogP contribution >= 0.6 is 0 Å². The van der Waals surface area contributed by atoms with E-state index in [9.17, 15) is 0 Å². The summed E-state index contributed by atoms with van der Waals surface area (Å²) in [4.78, 5) is 9.86. The topological polar surface area (TPSA) is 96.0 Å². The molecule has 40 heavy (non-hydrogen) atoms. The molecule has 0 amide bonds. The van der Waals surface area contributed by atoms with Crippen molar-refractivity contribution >= 4 is 11.7 Å². The summed E-state index contributed by atoms with van der Waals surface area (Å²) in [6, 6.07) is 18.3. The van der Waals surface area contributed by atoms with Crippen molar-refractivity contribution in [2.24, 2.45) is 22.6 Å². The van der Waals surface area contributed by atoms with Crippen LogP contribution in [0.3, 0.4) is 0 Å². The van der Waals surface area contributed by atoms with E-state index in [1.807, 2.05) is 42.5 Å². The second kappa shape index (κ2) is 11.2. The molecule has 0 bridgehead atoms. The minimum Gasteiger partial charge on any atom is -0.457 e. The van der Waals surface area contributed by atoms with E-state index < -0.39 is 0 Å². The van der Waals surface area contributed by atoms with E-state index in [-0.39, 0.29) is 0 Å². The van der Waals surface area contributed by atoms with E-state index in [4.69, 9.17) is 15.6 Å². The van der Waals surface area contributed by atoms with Crippen LogP contribution in [-0.2, 0) is 0 Å². The number of ether oxygens (including phenoxy) is 1. The van der Waals surface area contributed by atoms with E-state index in [0.29, 0.717) is 18.5 Å². The Morgan fingerprint density at radius 2 is 1.57 bits per heavy atom. The lowest BCUT2D eigenvalue weighted by molar-refractivity contribution is 0.154. The highest BCUT2D eigenvalue weighted by atomic mass is 16.5. The van der Waals surface area contributed by atoms with Crippen LogP contribution in [0.15, 0.2) is 59.6 Å². The summed E-state index contributed by atoms with van der Waals surface area (Å²) < 4.78 is 8.19. The van der Waals surface area contributed by atoms with Crippen molar-refractivity contribution in [2.45, 2.75) is 25.3 Å². The molecule has 9 nitrogen and oxygen atoms in total. The second-order valence-corrected chi connectivity index (χ2v) is 11.8. The third kappa shape index (κ3) is 5.33. The largest absolute Gasteiger partial charge is 0.457 e. The van der Waals surface area contributed by atoms with Gasteiger partial charge in [-0.1, -0.05) is 18.2 Å². The number of amidine groups is 1. The fraction of sp³-hybridized carbons (Fsp3) is 0.484. The molecular formula is C31H40N8O. The monoisotopic (exact) mass is 540 g/mol. The van der Waals surface area contributed by atoms with Gasteiger partial charge in [0.2, 0.25) is 0 Å². The molecule has 0 saturated carbocycles. The number of hydrogen-bond donors (Lipinski definition) is 3. The van der Waals surface area contributed by atoms with E-state index in [2.05, 4.69) is 42.2 Å². The molecule has 4 aliphatic heterocycles. The first-order chi connectivity index (χ1) is 19.7. The molecule has 2 aromatic carbocycles. The minimum atomic E-state index is 0.351. The number of para-hydroxylation sites is 1. The van der Waals surface area contributed by atoms with E-state index in [1.165, 1.54) is 45.7 Å². The van der Waals surface area contributed by atoms with Crippen LogP contribution < -0.4 is 21.1 Å². The molecule has 3 aromatic rings. The van der Waals surface area contributed by atoms with Crippen molar-refractivity contribution < 1.29 is 4.74 Å². The minimum absolute atomic E-state index is 0.351. The number of rotatable bonds is 8. The number of fused-ring (bicyclic) bond motifs is 1. The highest BCUT2D eigenvalue weighted by Crippen LogP contribution is 2.36. The molecule has 1 atom stereocenters. The number of aliphatic imine (C=N–C) groups is 1. The van der Waals surface area contributed by atoms with Gasteiger partial charge in [-0.3, -0.25) is 0 Å². The van der Waals surface area contributed by atoms with E-state index in [1.54, 1.807) is 0 Å². The van der Waals surface area contributed by atoms with Crippen LogP contribution in [0.5, 0.6) is 11.5 Å². The van der Waals surface area contributed by atoms with Gasteiger partial charge in [0.15, 0.2) is 0 Å². The van der Waals surface area contributed by atoms with Crippen molar-refractivity contribution in [1.82, 2.24) is 24.9 Å². The van der Waals surface area contributed by atoms with Gasteiger partial charge in [0.25, 0.3) is 0 Å². The highest BCUT2D eigenvalue weighted by molar-refractivity contribution is 6.08. The summed E-state index contributed by atoms with van der Waals surface area (Å²) in [5, 5.41) is 12.0. The number of nitrogens with one attached hydrogen (secondary N) is 2. The molecular weight excluding hydrogens is 500 g/mol. The summed E-state index contributed by atoms with van der Waals surface area (Å²) in [5.41, 5.74) is 9.25. The second-order valence-electron chi connectivity index (χ2n) is 11.8. The Hall–Kier alpha value is -3.40. The number of nitrogens with zero attached hydrogens (tertiary/aromatic N) is 5. The normalized spacial score (nSPS) is 22.4. The summed E-state index contributed by atoms with van der Waals surface area (Å²) >= 11 is 0. The third-order valence-electron chi connectivity index (χ3n) is 8.94. The average molecular weight is 541 g/mol. The smallest absolute Gasteiger partial charge is 0.137 e. The Kier molecular flexibility index (Phi) is 7.18. The summed E-state index contributed by atoms with van der Waals surface area (Å²) in [6.07, 6.45) is 3.54. The molecule has 3 saturated heterocycles. The first-order valence-corrected chi connectivity index (χ1v) is 14.8. The first kappa shape index (κ1) is 25.6. The van der Waals surface area contributed by atoms with Crippen LogP contribution in [0, 0.1) is 11.8 Å². The summed E-state index contributed by atoms with van der Waals surface area (Å²) in [7, 11) is 0. The fourth-order valence-corrected chi connectivity index (χ4v) is 6.68. The maximum atomic E-state index is 6.44. The van der Waals surface area contributed by atoms with Gasteiger partial charge in [0.05, 0.1) is 11.6 Å². The third-order valence-corrected chi connectivity index (χ3v) is 8.94. The number of likely N-dealkylation sites (tertiary alicyclic amines) is 2. The van der Waals surface area contributed by atoms with Gasteiger partial charge < -0.3 is 30.9 Å². The van der Waals surface area contributed by atoms with Crippen molar-refractivity contribution in [3.8, 4) is 22.8 Å². The van der Waals surface area contributed by atoms with Gasteiger partial charge >= 0.3 is 0 Å². The molecule has 3 fully saturated rings. The van der Waals surface area contributed by atoms with E-state index in [0.717, 1.165) is 71.9 Å². The quantitative estimate of drug-likeness (QED) is 0.402. The van der Waals surface area contributed by atoms with Crippen LogP contribution in [0.4, 0.5) is 5.82 Å². The molecule has 7 rings (SSSR count). The lowest BCUT2D eigenvalue weighted by Gasteiger charge is -2.34. The molecule has 0 aliphatic carbocycles. The number of piperidine rings is 1. The van der Waals surface area contributed by atoms with Gasteiger partial charge in [-0.2, -0.15) is 5.10 Å². The zero-order chi connectivity index (χ0) is 26.9. The summed E-state index contributed by atoms with van der Waals surface area (Å²) in [6.45, 7) is 10.2. The van der Waals surface area contributed by atoms with Gasteiger partial charge in [-0.15, -0.1) is 0 Å². The van der Waals surface area contributed by atoms with Gasteiger partial charge in [0, 0.05) is 51.4 Å². The molecule has 4 aliphatic rings. The van der Waals surface area contributed by atoms with Crippen molar-refractivity contribution in [3.63, 3.8) is 0 Å². The zero-order valence-corrected chi connectivity index (χ0v) is 23.1. The maximum Gasteiger partial charge on any atom is 0.137 e. The maximum absolute atomic E-state index is 6.44. The summed E-state index contributed by atoms with van der Waals surface area (Å²) in [5.74, 6) is 4.84. The molecule has 4 N–H and O–H groups in total. The Morgan fingerprint density at radius 3 is 2.33 bits per heavy atom. The number of nitrogens with two attached hydrogens (primary N) is 1. The van der Waals surface area contributed by atoms with Crippen LogP contribution in [0.25, 0.3) is 11.3 Å². The molecule has 1 aromatic heterocycles. The van der Waals surface area contributed by atoms with Gasteiger partial charge in [0.1, 0.15) is 35.5 Å². The molecule has 1 unspecified atom stereocenters. The fourth-order valence-electron chi connectivity index (χ4n) is 6.68. The Labute approximate surface area is 236 Å². The molecule has 0 radical (unpaired) electrons. The molecule has 210 valence electrons.